The highest BCUT2D eigenvalue weighted by atomic mass is 16.5. The van der Waals surface area contributed by atoms with Crippen molar-refractivity contribution in [2.75, 3.05) is 23.7 Å². The Hall–Kier alpha value is -1.36. The topological polar surface area (TPSA) is 64.3 Å². The molecular weight excluding hydrogens is 192 g/mol. The van der Waals surface area contributed by atoms with E-state index in [4.69, 9.17) is 10.5 Å². The molecule has 5 heteroatoms. The Balaban J connectivity index is 2.16. The second-order valence-corrected chi connectivity index (χ2v) is 3.94. The molecule has 1 aromatic heterocycles. The molecule has 15 heavy (non-hydrogen) atoms. The number of aromatic nitrogens is 2. The van der Waals surface area contributed by atoms with Gasteiger partial charge in [-0.15, -0.1) is 0 Å². The van der Waals surface area contributed by atoms with Crippen LogP contribution in [0.15, 0.2) is 12.3 Å². The average Bonchev–Trinajstić information content (AvgIpc) is 2.16. The lowest BCUT2D eigenvalue weighted by molar-refractivity contribution is -0.00571. The molecule has 2 rings (SSSR count). The van der Waals surface area contributed by atoms with E-state index in [9.17, 15) is 0 Å². The van der Waals surface area contributed by atoms with Crippen molar-refractivity contribution in [2.24, 2.45) is 0 Å². The highest BCUT2D eigenvalue weighted by molar-refractivity contribution is 5.38. The average molecular weight is 208 g/mol. The first kappa shape index (κ1) is 10.2. The molecule has 0 saturated carbocycles. The Kier molecular flexibility index (Phi) is 2.73. The molecular formula is C10H16N4O. The minimum atomic E-state index is 0.207. The van der Waals surface area contributed by atoms with Crippen LogP contribution in [0.3, 0.4) is 0 Å². The molecule has 82 valence electrons. The first-order valence-corrected chi connectivity index (χ1v) is 5.14. The summed E-state index contributed by atoms with van der Waals surface area (Å²) in [6, 6.07) is 1.69. The lowest BCUT2D eigenvalue weighted by Gasteiger charge is -2.35. The lowest BCUT2D eigenvalue weighted by Crippen LogP contribution is -2.46. The van der Waals surface area contributed by atoms with E-state index in [-0.39, 0.29) is 12.2 Å². The Labute approximate surface area is 89.3 Å². The van der Waals surface area contributed by atoms with Gasteiger partial charge >= 0.3 is 0 Å². The van der Waals surface area contributed by atoms with Gasteiger partial charge in [-0.3, -0.25) is 0 Å². The maximum Gasteiger partial charge on any atom is 0.227 e. The van der Waals surface area contributed by atoms with Gasteiger partial charge in [0.2, 0.25) is 5.95 Å². The number of ether oxygens (including phenoxy) is 1. The molecule has 0 radical (unpaired) electrons. The van der Waals surface area contributed by atoms with E-state index >= 15 is 0 Å². The molecule has 1 aliphatic heterocycles. The molecule has 5 nitrogen and oxygen atoms in total. The molecule has 1 aliphatic rings. The van der Waals surface area contributed by atoms with Gasteiger partial charge in [0.05, 0.1) is 12.2 Å². The molecule has 0 amide bonds. The zero-order valence-corrected chi connectivity index (χ0v) is 9.05. The van der Waals surface area contributed by atoms with E-state index in [2.05, 4.69) is 28.7 Å². The van der Waals surface area contributed by atoms with Crippen molar-refractivity contribution < 1.29 is 4.74 Å². The van der Waals surface area contributed by atoms with E-state index < -0.39 is 0 Å². The fraction of sp³-hybridized carbons (Fsp3) is 0.600. The van der Waals surface area contributed by atoms with E-state index in [1.54, 1.807) is 12.3 Å². The molecule has 0 aromatic carbocycles. The Morgan fingerprint density at radius 3 is 2.67 bits per heavy atom. The third kappa shape index (κ3) is 2.36. The van der Waals surface area contributed by atoms with Crippen molar-refractivity contribution >= 4 is 11.8 Å². The van der Waals surface area contributed by atoms with E-state index in [1.807, 2.05) is 0 Å². The monoisotopic (exact) mass is 208 g/mol. The molecule has 2 N–H and O–H groups in total. The maximum atomic E-state index is 5.64. The summed E-state index contributed by atoms with van der Waals surface area (Å²) in [5, 5.41) is 0. The number of hydrogen-bond acceptors (Lipinski definition) is 5. The van der Waals surface area contributed by atoms with Crippen LogP contribution in [0.25, 0.3) is 0 Å². The summed E-state index contributed by atoms with van der Waals surface area (Å²) in [5.41, 5.74) is 5.63. The number of rotatable bonds is 1. The number of nitrogen functional groups attached to an aromatic ring is 1. The van der Waals surface area contributed by atoms with Crippen LogP contribution < -0.4 is 10.6 Å². The normalized spacial score (nSPS) is 26.7. The molecule has 1 saturated heterocycles. The van der Waals surface area contributed by atoms with Gasteiger partial charge < -0.3 is 15.4 Å². The minimum absolute atomic E-state index is 0.207. The maximum absolute atomic E-state index is 5.64. The van der Waals surface area contributed by atoms with Gasteiger partial charge in [0, 0.05) is 19.3 Å². The second-order valence-electron chi connectivity index (χ2n) is 3.94. The number of hydrogen-bond donors (Lipinski definition) is 1. The third-order valence-electron chi connectivity index (χ3n) is 2.37. The predicted octanol–water partition coefficient (Wildman–Crippen LogP) is 0.672. The van der Waals surface area contributed by atoms with Crippen molar-refractivity contribution in [1.29, 1.82) is 0 Å². The summed E-state index contributed by atoms with van der Waals surface area (Å²) in [4.78, 5) is 10.5. The highest BCUT2D eigenvalue weighted by Crippen LogP contribution is 2.16. The van der Waals surface area contributed by atoms with Crippen LogP contribution in [-0.4, -0.2) is 35.3 Å². The molecule has 1 fully saturated rings. The smallest absolute Gasteiger partial charge is 0.227 e. The first-order chi connectivity index (χ1) is 7.15. The molecule has 0 aliphatic carbocycles. The summed E-state index contributed by atoms with van der Waals surface area (Å²) in [6.07, 6.45) is 2.10. The van der Waals surface area contributed by atoms with Crippen LogP contribution in [0.4, 0.5) is 11.8 Å². The van der Waals surface area contributed by atoms with E-state index in [0.29, 0.717) is 11.8 Å². The standard InChI is InChI=1S/C10H16N4O/c1-7-5-14(6-8(2)15-7)10-12-4-3-9(11)13-10/h3-4,7-8H,5-6H2,1-2H3,(H2,11,12,13)/t7-,8+. The number of anilines is 2. The van der Waals surface area contributed by atoms with Crippen LogP contribution in [-0.2, 0) is 4.74 Å². The van der Waals surface area contributed by atoms with Crippen LogP contribution in [0, 0.1) is 0 Å². The fourth-order valence-corrected chi connectivity index (χ4v) is 1.86. The summed E-state index contributed by atoms with van der Waals surface area (Å²) in [5.74, 6) is 1.20. The van der Waals surface area contributed by atoms with Gasteiger partial charge in [0.15, 0.2) is 0 Å². The first-order valence-electron chi connectivity index (χ1n) is 5.14. The largest absolute Gasteiger partial charge is 0.384 e. The molecule has 1 aromatic rings. The predicted molar refractivity (Wildman–Crippen MR) is 58.7 cm³/mol. The molecule has 0 spiro atoms. The zero-order valence-electron chi connectivity index (χ0n) is 9.05. The molecule has 2 atom stereocenters. The third-order valence-corrected chi connectivity index (χ3v) is 2.37. The number of morpholine rings is 1. The van der Waals surface area contributed by atoms with Crippen LogP contribution in [0.2, 0.25) is 0 Å². The Morgan fingerprint density at radius 2 is 2.07 bits per heavy atom. The van der Waals surface area contributed by atoms with E-state index in [1.165, 1.54) is 0 Å². The second kappa shape index (κ2) is 4.02. The fourth-order valence-electron chi connectivity index (χ4n) is 1.86. The van der Waals surface area contributed by atoms with Crippen LogP contribution in [0.1, 0.15) is 13.8 Å². The van der Waals surface area contributed by atoms with Gasteiger partial charge in [0.25, 0.3) is 0 Å². The van der Waals surface area contributed by atoms with Gasteiger partial charge in [-0.2, -0.15) is 4.98 Å². The van der Waals surface area contributed by atoms with Crippen molar-refractivity contribution in [3.63, 3.8) is 0 Å². The summed E-state index contributed by atoms with van der Waals surface area (Å²) in [6.45, 7) is 5.73. The minimum Gasteiger partial charge on any atom is -0.384 e. The highest BCUT2D eigenvalue weighted by Gasteiger charge is 2.23. The number of nitrogens with zero attached hydrogens (tertiary/aromatic N) is 3. The van der Waals surface area contributed by atoms with E-state index in [0.717, 1.165) is 13.1 Å². The van der Waals surface area contributed by atoms with Crippen molar-refractivity contribution in [3.8, 4) is 0 Å². The zero-order chi connectivity index (χ0) is 10.8. The van der Waals surface area contributed by atoms with Crippen LogP contribution >= 0.6 is 0 Å². The molecule has 0 unspecified atom stereocenters. The quantitative estimate of drug-likeness (QED) is 0.735. The Morgan fingerprint density at radius 1 is 1.40 bits per heavy atom. The number of nitrogens with two attached hydrogens (primary N) is 1. The summed E-state index contributed by atoms with van der Waals surface area (Å²) < 4.78 is 5.64. The summed E-state index contributed by atoms with van der Waals surface area (Å²) in [7, 11) is 0. The van der Waals surface area contributed by atoms with Crippen LogP contribution in [0.5, 0.6) is 0 Å². The van der Waals surface area contributed by atoms with Gasteiger partial charge in [-0.25, -0.2) is 4.98 Å². The Bertz CT molecular complexity index is 334. The van der Waals surface area contributed by atoms with Crippen molar-refractivity contribution in [3.05, 3.63) is 12.3 Å². The van der Waals surface area contributed by atoms with Gasteiger partial charge in [0.1, 0.15) is 5.82 Å². The van der Waals surface area contributed by atoms with Crippen molar-refractivity contribution in [1.82, 2.24) is 9.97 Å². The SMILES string of the molecule is C[C@@H]1CN(c2nccc(N)n2)C[C@H](C)O1. The van der Waals surface area contributed by atoms with Gasteiger partial charge in [-0.1, -0.05) is 0 Å². The summed E-state index contributed by atoms with van der Waals surface area (Å²) >= 11 is 0. The lowest BCUT2D eigenvalue weighted by atomic mass is 10.2. The molecule has 0 bridgehead atoms. The molecule has 2 heterocycles. The van der Waals surface area contributed by atoms with Crippen molar-refractivity contribution in [2.45, 2.75) is 26.1 Å². The van der Waals surface area contributed by atoms with Gasteiger partial charge in [-0.05, 0) is 19.9 Å².